The zero-order valence-electron chi connectivity index (χ0n) is 12.5. The zero-order chi connectivity index (χ0) is 14.5. The van der Waals surface area contributed by atoms with Gasteiger partial charge in [0.2, 0.25) is 0 Å². The smallest absolute Gasteiger partial charge is 0.161 e. The molecule has 4 nitrogen and oxygen atoms in total. The van der Waals surface area contributed by atoms with Gasteiger partial charge in [-0.2, -0.15) is 11.8 Å². The number of thioether (sulfide) groups is 1. The van der Waals surface area contributed by atoms with E-state index in [-0.39, 0.29) is 0 Å². The van der Waals surface area contributed by atoms with Crippen LogP contribution >= 0.6 is 11.8 Å². The average molecular weight is 309 g/mol. The van der Waals surface area contributed by atoms with Gasteiger partial charge in [0.15, 0.2) is 11.5 Å². The fraction of sp³-hybridized carbons (Fsp3) is 0.625. The van der Waals surface area contributed by atoms with Gasteiger partial charge in [-0.1, -0.05) is 13.0 Å². The van der Waals surface area contributed by atoms with Crippen molar-refractivity contribution in [2.75, 3.05) is 38.7 Å². The third kappa shape index (κ3) is 3.84. The molecule has 5 heteroatoms. The van der Waals surface area contributed by atoms with Gasteiger partial charge in [-0.3, -0.25) is 0 Å². The maximum Gasteiger partial charge on any atom is 0.161 e. The van der Waals surface area contributed by atoms with E-state index in [4.69, 9.17) is 14.2 Å². The molecule has 1 aromatic rings. The van der Waals surface area contributed by atoms with E-state index in [0.29, 0.717) is 11.3 Å². The van der Waals surface area contributed by atoms with E-state index in [1.165, 1.54) is 5.56 Å². The van der Waals surface area contributed by atoms with Crippen LogP contribution in [-0.4, -0.2) is 44.0 Å². The Bertz CT molecular complexity index is 465. The molecule has 0 saturated carbocycles. The van der Waals surface area contributed by atoms with E-state index in [0.717, 1.165) is 56.6 Å². The summed E-state index contributed by atoms with van der Waals surface area (Å²) in [5, 5.41) is 4.23. The molecule has 0 aromatic heterocycles. The first-order chi connectivity index (χ1) is 10.4. The van der Waals surface area contributed by atoms with Gasteiger partial charge in [-0.15, -0.1) is 0 Å². The Morgan fingerprint density at radius 2 is 2.05 bits per heavy atom. The summed E-state index contributed by atoms with van der Waals surface area (Å²) < 4.78 is 16.7. The lowest BCUT2D eigenvalue weighted by Crippen LogP contribution is -2.32. The van der Waals surface area contributed by atoms with Crippen molar-refractivity contribution in [1.29, 1.82) is 0 Å². The Labute approximate surface area is 130 Å². The molecule has 1 atom stereocenters. The fourth-order valence-electron chi connectivity index (χ4n) is 2.46. The van der Waals surface area contributed by atoms with Gasteiger partial charge >= 0.3 is 0 Å². The Hall–Kier alpha value is -0.910. The highest BCUT2D eigenvalue weighted by Crippen LogP contribution is 2.34. The van der Waals surface area contributed by atoms with E-state index in [2.05, 4.69) is 24.4 Å². The monoisotopic (exact) mass is 309 g/mol. The van der Waals surface area contributed by atoms with E-state index < -0.39 is 0 Å². The molecule has 0 amide bonds. The molecule has 0 aliphatic carbocycles. The van der Waals surface area contributed by atoms with Crippen LogP contribution in [0.4, 0.5) is 0 Å². The SMILES string of the molecule is CCNC(CSC1COC1)c1ccc2c(c1)OCCCO2. The minimum atomic E-state index is 0.345. The first-order valence-electron chi connectivity index (χ1n) is 7.69. The Kier molecular flexibility index (Phi) is 5.27. The van der Waals surface area contributed by atoms with Crippen molar-refractivity contribution >= 4 is 11.8 Å². The highest BCUT2D eigenvalue weighted by molar-refractivity contribution is 8.00. The van der Waals surface area contributed by atoms with E-state index in [9.17, 15) is 0 Å². The van der Waals surface area contributed by atoms with Crippen molar-refractivity contribution in [3.8, 4) is 11.5 Å². The fourth-order valence-corrected chi connectivity index (χ4v) is 3.62. The highest BCUT2D eigenvalue weighted by atomic mass is 32.2. The molecule has 1 unspecified atom stereocenters. The van der Waals surface area contributed by atoms with Gasteiger partial charge in [0.05, 0.1) is 31.7 Å². The quantitative estimate of drug-likeness (QED) is 0.875. The molecule has 0 radical (unpaired) electrons. The van der Waals surface area contributed by atoms with E-state index in [1.54, 1.807) is 0 Å². The normalized spacial score (nSPS) is 19.7. The Balaban J connectivity index is 1.69. The molecule has 1 aromatic carbocycles. The predicted molar refractivity (Wildman–Crippen MR) is 85.5 cm³/mol. The third-order valence-corrected chi connectivity index (χ3v) is 5.00. The van der Waals surface area contributed by atoms with E-state index >= 15 is 0 Å². The first kappa shape index (κ1) is 15.0. The summed E-state index contributed by atoms with van der Waals surface area (Å²) in [6.07, 6.45) is 0.943. The number of hydrogen-bond donors (Lipinski definition) is 1. The molecule has 2 aliphatic rings. The van der Waals surface area contributed by atoms with Gasteiger partial charge in [-0.05, 0) is 24.2 Å². The maximum absolute atomic E-state index is 5.80. The largest absolute Gasteiger partial charge is 0.490 e. The van der Waals surface area contributed by atoms with Crippen LogP contribution in [0.15, 0.2) is 18.2 Å². The summed E-state index contributed by atoms with van der Waals surface area (Å²) in [5.41, 5.74) is 1.27. The zero-order valence-corrected chi connectivity index (χ0v) is 13.3. The van der Waals surface area contributed by atoms with Crippen LogP contribution in [-0.2, 0) is 4.74 Å². The molecular formula is C16H23NO3S. The van der Waals surface area contributed by atoms with Gasteiger partial charge in [0.25, 0.3) is 0 Å². The van der Waals surface area contributed by atoms with E-state index in [1.807, 2.05) is 17.8 Å². The van der Waals surface area contributed by atoms with Crippen LogP contribution in [0.25, 0.3) is 0 Å². The second-order valence-electron chi connectivity index (χ2n) is 5.36. The minimum Gasteiger partial charge on any atom is -0.490 e. The number of hydrogen-bond acceptors (Lipinski definition) is 5. The third-order valence-electron chi connectivity index (χ3n) is 3.73. The first-order valence-corrected chi connectivity index (χ1v) is 8.74. The van der Waals surface area contributed by atoms with Crippen LogP contribution in [0.3, 0.4) is 0 Å². The molecule has 0 bridgehead atoms. The molecule has 1 N–H and O–H groups in total. The van der Waals surface area contributed by atoms with Gasteiger partial charge in [0.1, 0.15) is 0 Å². The number of benzene rings is 1. The molecule has 21 heavy (non-hydrogen) atoms. The number of ether oxygens (including phenoxy) is 3. The summed E-state index contributed by atoms with van der Waals surface area (Å²) in [5.74, 6) is 2.80. The summed E-state index contributed by atoms with van der Waals surface area (Å²) in [4.78, 5) is 0. The summed E-state index contributed by atoms with van der Waals surface area (Å²) in [6, 6.07) is 6.67. The van der Waals surface area contributed by atoms with Crippen molar-refractivity contribution in [3.05, 3.63) is 23.8 Å². The van der Waals surface area contributed by atoms with Crippen molar-refractivity contribution in [3.63, 3.8) is 0 Å². The molecule has 2 heterocycles. The van der Waals surface area contributed by atoms with Gasteiger partial charge in [-0.25, -0.2) is 0 Å². The number of fused-ring (bicyclic) bond motifs is 1. The van der Waals surface area contributed by atoms with Crippen molar-refractivity contribution in [2.24, 2.45) is 0 Å². The minimum absolute atomic E-state index is 0.345. The van der Waals surface area contributed by atoms with Crippen LogP contribution in [0.5, 0.6) is 11.5 Å². The van der Waals surface area contributed by atoms with Crippen molar-refractivity contribution in [1.82, 2.24) is 5.32 Å². The summed E-state index contributed by atoms with van der Waals surface area (Å²) in [7, 11) is 0. The topological polar surface area (TPSA) is 39.7 Å². The van der Waals surface area contributed by atoms with Gasteiger partial charge in [0, 0.05) is 18.2 Å². The standard InChI is InChI=1S/C16H23NO3S/c1-2-17-14(11-21-13-9-18-10-13)12-4-5-15-16(8-12)20-7-3-6-19-15/h4-5,8,13-14,17H,2-3,6-7,9-11H2,1H3. The molecule has 2 aliphatic heterocycles. The molecule has 3 rings (SSSR count). The summed E-state index contributed by atoms with van der Waals surface area (Å²) >= 11 is 1.99. The average Bonchev–Trinajstić information content (AvgIpc) is 2.69. The lowest BCUT2D eigenvalue weighted by molar-refractivity contribution is 0.0455. The lowest BCUT2D eigenvalue weighted by Gasteiger charge is -2.28. The van der Waals surface area contributed by atoms with Crippen molar-refractivity contribution in [2.45, 2.75) is 24.6 Å². The molecule has 116 valence electrons. The van der Waals surface area contributed by atoms with Crippen molar-refractivity contribution < 1.29 is 14.2 Å². The maximum atomic E-state index is 5.80. The van der Waals surface area contributed by atoms with Crippen LogP contribution in [0.1, 0.15) is 24.9 Å². The molecule has 0 spiro atoms. The summed E-state index contributed by atoms with van der Waals surface area (Å²) in [6.45, 7) is 6.36. The lowest BCUT2D eigenvalue weighted by atomic mass is 10.1. The number of nitrogens with one attached hydrogen (secondary N) is 1. The molecule has 1 fully saturated rings. The predicted octanol–water partition coefficient (Wildman–Crippen LogP) is 2.63. The second kappa shape index (κ2) is 7.38. The number of rotatable bonds is 6. The Morgan fingerprint density at radius 3 is 2.76 bits per heavy atom. The second-order valence-corrected chi connectivity index (χ2v) is 6.69. The Morgan fingerprint density at radius 1 is 1.24 bits per heavy atom. The highest BCUT2D eigenvalue weighted by Gasteiger charge is 2.22. The molecular weight excluding hydrogens is 286 g/mol. The molecule has 1 saturated heterocycles. The van der Waals surface area contributed by atoms with Crippen LogP contribution in [0.2, 0.25) is 0 Å². The van der Waals surface area contributed by atoms with Crippen LogP contribution in [0, 0.1) is 0 Å². The van der Waals surface area contributed by atoms with Crippen LogP contribution < -0.4 is 14.8 Å². The van der Waals surface area contributed by atoms with Gasteiger partial charge < -0.3 is 19.5 Å².